The van der Waals surface area contributed by atoms with Crippen LogP contribution in [0.2, 0.25) is 0 Å². The van der Waals surface area contributed by atoms with Crippen molar-refractivity contribution in [3.63, 3.8) is 0 Å². The van der Waals surface area contributed by atoms with Gasteiger partial charge < -0.3 is 0 Å². The van der Waals surface area contributed by atoms with Gasteiger partial charge in [-0.15, -0.1) is 0 Å². The number of hydrogen-bond donors (Lipinski definition) is 0. The van der Waals surface area contributed by atoms with Gasteiger partial charge in [-0.3, -0.25) is 0 Å². The highest BCUT2D eigenvalue weighted by molar-refractivity contribution is 5.02. The summed E-state index contributed by atoms with van der Waals surface area (Å²) in [6.07, 6.45) is 16.7. The van der Waals surface area contributed by atoms with E-state index in [2.05, 4.69) is 45.1 Å². The van der Waals surface area contributed by atoms with Gasteiger partial charge in [-0.1, -0.05) is 70.8 Å². The lowest BCUT2D eigenvalue weighted by Gasteiger charge is -2.05. The van der Waals surface area contributed by atoms with E-state index >= 15 is 0 Å². The predicted molar refractivity (Wildman–Crippen MR) is 66.5 cm³/mol. The molecule has 0 nitrogen and oxygen atoms in total. The first-order valence-corrected chi connectivity index (χ1v) is 6.12. The Morgan fingerprint density at radius 1 is 1.00 bits per heavy atom. The van der Waals surface area contributed by atoms with Crippen molar-refractivity contribution in [1.82, 2.24) is 0 Å². The molecule has 0 spiro atoms. The zero-order chi connectivity index (χ0) is 10.6. The van der Waals surface area contributed by atoms with Gasteiger partial charge in [0, 0.05) is 0 Å². The Morgan fingerprint density at radius 2 is 1.71 bits per heavy atom. The Balaban J connectivity index is 3.40. The van der Waals surface area contributed by atoms with Gasteiger partial charge in [0.25, 0.3) is 0 Å². The van der Waals surface area contributed by atoms with E-state index in [-0.39, 0.29) is 0 Å². The Labute approximate surface area is 90.1 Å². The molecular formula is C14H26. The highest BCUT2D eigenvalue weighted by atomic mass is 14.0. The summed E-state index contributed by atoms with van der Waals surface area (Å²) in [5.74, 6) is 0.853. The second kappa shape index (κ2) is 10.6. The minimum Gasteiger partial charge on any atom is -0.0846 e. The van der Waals surface area contributed by atoms with Crippen LogP contribution >= 0.6 is 0 Å². The third-order valence-electron chi connectivity index (χ3n) is 2.43. The summed E-state index contributed by atoms with van der Waals surface area (Å²) in [6.45, 7) is 6.81. The van der Waals surface area contributed by atoms with E-state index in [1.54, 1.807) is 0 Å². The molecule has 0 aliphatic carbocycles. The van der Waals surface area contributed by atoms with Crippen molar-refractivity contribution in [2.45, 2.75) is 59.3 Å². The highest BCUT2D eigenvalue weighted by Gasteiger charge is 1.96. The summed E-state index contributed by atoms with van der Waals surface area (Å²) in [5.41, 5.74) is 0. The van der Waals surface area contributed by atoms with Crippen LogP contribution < -0.4 is 0 Å². The number of allylic oxidation sites excluding steroid dienone is 4. The van der Waals surface area contributed by atoms with Crippen LogP contribution in [0.5, 0.6) is 0 Å². The van der Waals surface area contributed by atoms with Gasteiger partial charge in [0.05, 0.1) is 0 Å². The molecule has 0 heterocycles. The fourth-order valence-electron chi connectivity index (χ4n) is 1.40. The summed E-state index contributed by atoms with van der Waals surface area (Å²) in [4.78, 5) is 0. The molecule has 0 N–H and O–H groups in total. The van der Waals surface area contributed by atoms with Gasteiger partial charge in [0.1, 0.15) is 0 Å². The van der Waals surface area contributed by atoms with E-state index in [4.69, 9.17) is 0 Å². The lowest BCUT2D eigenvalue weighted by Crippen LogP contribution is -1.91. The highest BCUT2D eigenvalue weighted by Crippen LogP contribution is 2.11. The van der Waals surface area contributed by atoms with Crippen LogP contribution in [0.3, 0.4) is 0 Å². The van der Waals surface area contributed by atoms with Crippen molar-refractivity contribution in [2.75, 3.05) is 0 Å². The lowest BCUT2D eigenvalue weighted by atomic mass is 10.0. The molecule has 1 atom stereocenters. The molecule has 0 bridgehead atoms. The molecule has 14 heavy (non-hydrogen) atoms. The third kappa shape index (κ3) is 9.57. The van der Waals surface area contributed by atoms with Crippen molar-refractivity contribution in [1.29, 1.82) is 0 Å². The second-order valence-electron chi connectivity index (χ2n) is 4.13. The molecule has 0 aromatic carbocycles. The van der Waals surface area contributed by atoms with E-state index in [1.807, 2.05) is 0 Å². The summed E-state index contributed by atoms with van der Waals surface area (Å²) < 4.78 is 0. The maximum absolute atomic E-state index is 2.34. The van der Waals surface area contributed by atoms with Crippen LogP contribution in [0.4, 0.5) is 0 Å². The summed E-state index contributed by atoms with van der Waals surface area (Å²) in [7, 11) is 0. The summed E-state index contributed by atoms with van der Waals surface area (Å²) >= 11 is 0. The van der Waals surface area contributed by atoms with Gasteiger partial charge in [0.15, 0.2) is 0 Å². The minimum atomic E-state index is 0.853. The first-order valence-electron chi connectivity index (χ1n) is 6.12. The van der Waals surface area contributed by atoms with Gasteiger partial charge >= 0.3 is 0 Å². The maximum atomic E-state index is 2.34. The first kappa shape index (κ1) is 13.5. The van der Waals surface area contributed by atoms with Crippen LogP contribution in [0.15, 0.2) is 24.3 Å². The molecule has 0 aromatic rings. The second-order valence-corrected chi connectivity index (χ2v) is 4.13. The number of hydrogen-bond acceptors (Lipinski definition) is 0. The lowest BCUT2D eigenvalue weighted by molar-refractivity contribution is 0.512. The normalized spacial score (nSPS) is 14.2. The quantitative estimate of drug-likeness (QED) is 0.471. The maximum Gasteiger partial charge on any atom is -0.0322 e. The molecule has 0 radical (unpaired) electrons. The smallest absolute Gasteiger partial charge is 0.0322 e. The van der Waals surface area contributed by atoms with E-state index in [0.29, 0.717) is 0 Å². The average molecular weight is 194 g/mol. The third-order valence-corrected chi connectivity index (χ3v) is 2.43. The molecule has 0 saturated heterocycles. The number of unbranched alkanes of at least 4 members (excludes halogenated alkanes) is 2. The Hall–Kier alpha value is -0.520. The molecule has 0 saturated carbocycles. The topological polar surface area (TPSA) is 0 Å². The van der Waals surface area contributed by atoms with Crippen molar-refractivity contribution >= 4 is 0 Å². The van der Waals surface area contributed by atoms with Crippen LogP contribution in [0, 0.1) is 5.92 Å². The molecule has 1 unspecified atom stereocenters. The zero-order valence-corrected chi connectivity index (χ0v) is 10.1. The Morgan fingerprint density at radius 3 is 2.36 bits per heavy atom. The molecular weight excluding hydrogens is 168 g/mol. The van der Waals surface area contributed by atoms with Crippen LogP contribution in [-0.4, -0.2) is 0 Å². The largest absolute Gasteiger partial charge is 0.0846 e. The van der Waals surface area contributed by atoms with Gasteiger partial charge in [-0.2, -0.15) is 0 Å². The number of rotatable bonds is 8. The van der Waals surface area contributed by atoms with E-state index in [1.165, 1.54) is 38.5 Å². The summed E-state index contributed by atoms with van der Waals surface area (Å²) in [5, 5.41) is 0. The molecule has 0 heteroatoms. The minimum absolute atomic E-state index is 0.853. The molecule has 0 amide bonds. The predicted octanol–water partition coefficient (Wildman–Crippen LogP) is 5.12. The van der Waals surface area contributed by atoms with Crippen LogP contribution in [0.25, 0.3) is 0 Å². The van der Waals surface area contributed by atoms with Crippen molar-refractivity contribution in [2.24, 2.45) is 5.92 Å². The molecule has 0 aliphatic heterocycles. The Kier molecular flexibility index (Phi) is 10.2. The zero-order valence-electron chi connectivity index (χ0n) is 10.1. The molecule has 0 aromatic heterocycles. The van der Waals surface area contributed by atoms with Crippen molar-refractivity contribution < 1.29 is 0 Å². The standard InChI is InChI=1S/C14H26/c1-4-6-8-9-10-11-13-14(3)12-7-5-2/h8-11,14H,4-7,12-13H2,1-3H3. The van der Waals surface area contributed by atoms with Crippen molar-refractivity contribution in [3.8, 4) is 0 Å². The van der Waals surface area contributed by atoms with Crippen LogP contribution in [0.1, 0.15) is 59.3 Å². The molecule has 0 aliphatic rings. The molecule has 0 fully saturated rings. The first-order chi connectivity index (χ1) is 6.81. The van der Waals surface area contributed by atoms with Gasteiger partial charge in [-0.05, 0) is 18.8 Å². The molecule has 82 valence electrons. The van der Waals surface area contributed by atoms with Gasteiger partial charge in [-0.25, -0.2) is 0 Å². The monoisotopic (exact) mass is 194 g/mol. The average Bonchev–Trinajstić information content (AvgIpc) is 2.20. The van der Waals surface area contributed by atoms with Crippen LogP contribution in [-0.2, 0) is 0 Å². The van der Waals surface area contributed by atoms with E-state index in [9.17, 15) is 0 Å². The fourth-order valence-corrected chi connectivity index (χ4v) is 1.40. The Bertz CT molecular complexity index is 153. The van der Waals surface area contributed by atoms with E-state index < -0.39 is 0 Å². The summed E-state index contributed by atoms with van der Waals surface area (Å²) in [6, 6.07) is 0. The van der Waals surface area contributed by atoms with Gasteiger partial charge in [0.2, 0.25) is 0 Å². The van der Waals surface area contributed by atoms with E-state index in [0.717, 1.165) is 5.92 Å². The van der Waals surface area contributed by atoms with Crippen molar-refractivity contribution in [3.05, 3.63) is 24.3 Å². The fraction of sp³-hybridized carbons (Fsp3) is 0.714. The molecule has 0 rings (SSSR count). The SMILES string of the molecule is CCCC=CC=CCC(C)CCCC.